The van der Waals surface area contributed by atoms with Gasteiger partial charge in [-0.2, -0.15) is 0 Å². The number of hydrogen-bond donors (Lipinski definition) is 2. The van der Waals surface area contributed by atoms with Crippen molar-refractivity contribution in [3.8, 4) is 11.5 Å². The summed E-state index contributed by atoms with van der Waals surface area (Å²) in [7, 11) is 0. The van der Waals surface area contributed by atoms with E-state index in [1.807, 2.05) is 6.07 Å². The molecule has 1 amide bonds. The third-order valence-electron chi connectivity index (χ3n) is 3.73. The van der Waals surface area contributed by atoms with Gasteiger partial charge in [-0.05, 0) is 55.3 Å². The van der Waals surface area contributed by atoms with E-state index in [2.05, 4.69) is 5.32 Å². The Hall–Kier alpha value is -2.53. The van der Waals surface area contributed by atoms with Gasteiger partial charge in [0.25, 0.3) is 5.91 Å². The van der Waals surface area contributed by atoms with Crippen LogP contribution >= 0.6 is 0 Å². The molecule has 1 unspecified atom stereocenters. The molecular formula is C18H20N2O3. The second kappa shape index (κ2) is 7.15. The first kappa shape index (κ1) is 15.4. The lowest BCUT2D eigenvalue weighted by Gasteiger charge is -2.11. The van der Waals surface area contributed by atoms with Crippen molar-refractivity contribution in [2.24, 2.45) is 0 Å². The molecule has 0 saturated carbocycles. The van der Waals surface area contributed by atoms with Crippen LogP contribution in [0.1, 0.15) is 23.2 Å². The number of nitrogen functional groups attached to an aromatic ring is 1. The van der Waals surface area contributed by atoms with E-state index in [4.69, 9.17) is 15.2 Å². The van der Waals surface area contributed by atoms with Gasteiger partial charge < -0.3 is 20.5 Å². The Labute approximate surface area is 135 Å². The Morgan fingerprint density at radius 2 is 2.04 bits per heavy atom. The fraction of sp³-hybridized carbons (Fsp3) is 0.278. The average molecular weight is 312 g/mol. The van der Waals surface area contributed by atoms with E-state index in [1.165, 1.54) is 0 Å². The van der Waals surface area contributed by atoms with E-state index in [0.717, 1.165) is 19.4 Å². The zero-order chi connectivity index (χ0) is 16.1. The number of carbonyl (C=O) groups is 1. The summed E-state index contributed by atoms with van der Waals surface area (Å²) in [5, 5.41) is 2.90. The molecule has 5 nitrogen and oxygen atoms in total. The van der Waals surface area contributed by atoms with Crippen LogP contribution in [0.3, 0.4) is 0 Å². The summed E-state index contributed by atoms with van der Waals surface area (Å²) < 4.78 is 11.2. The van der Waals surface area contributed by atoms with Crippen molar-refractivity contribution in [3.63, 3.8) is 0 Å². The van der Waals surface area contributed by atoms with Gasteiger partial charge in [-0.25, -0.2) is 0 Å². The van der Waals surface area contributed by atoms with Gasteiger partial charge in [0.1, 0.15) is 11.5 Å². The summed E-state index contributed by atoms with van der Waals surface area (Å²) in [6.07, 6.45) is 2.19. The Bertz CT molecular complexity index is 664. The number of nitrogens with one attached hydrogen (secondary N) is 1. The number of rotatable bonds is 5. The topological polar surface area (TPSA) is 73.6 Å². The normalized spacial score (nSPS) is 17.0. The number of hydrogen-bond acceptors (Lipinski definition) is 4. The minimum Gasteiger partial charge on any atom is -0.457 e. The summed E-state index contributed by atoms with van der Waals surface area (Å²) in [6, 6.07) is 14.2. The smallest absolute Gasteiger partial charge is 0.251 e. The Balaban J connectivity index is 1.61. The first-order chi connectivity index (χ1) is 11.2. The molecule has 0 radical (unpaired) electrons. The molecule has 2 aromatic carbocycles. The molecule has 1 atom stereocenters. The van der Waals surface area contributed by atoms with Crippen molar-refractivity contribution < 1.29 is 14.3 Å². The molecule has 3 N–H and O–H groups in total. The largest absolute Gasteiger partial charge is 0.457 e. The number of ether oxygens (including phenoxy) is 2. The van der Waals surface area contributed by atoms with E-state index in [0.29, 0.717) is 29.3 Å². The number of carbonyl (C=O) groups excluding carboxylic acids is 1. The molecule has 1 heterocycles. The lowest BCUT2D eigenvalue weighted by Crippen LogP contribution is -2.31. The number of amides is 1. The van der Waals surface area contributed by atoms with Crippen molar-refractivity contribution in [2.75, 3.05) is 18.9 Å². The van der Waals surface area contributed by atoms with Crippen LogP contribution in [0.2, 0.25) is 0 Å². The van der Waals surface area contributed by atoms with Gasteiger partial charge in [0.2, 0.25) is 0 Å². The van der Waals surface area contributed by atoms with Crippen LogP contribution in [0.4, 0.5) is 5.69 Å². The molecule has 3 rings (SSSR count). The quantitative estimate of drug-likeness (QED) is 0.833. The lowest BCUT2D eigenvalue weighted by molar-refractivity contribution is 0.0857. The Morgan fingerprint density at radius 1 is 1.22 bits per heavy atom. The van der Waals surface area contributed by atoms with E-state index < -0.39 is 0 Å². The van der Waals surface area contributed by atoms with E-state index >= 15 is 0 Å². The highest BCUT2D eigenvalue weighted by Gasteiger charge is 2.16. The Morgan fingerprint density at radius 3 is 2.78 bits per heavy atom. The molecule has 1 aliphatic heterocycles. The fourth-order valence-corrected chi connectivity index (χ4v) is 2.49. The highest BCUT2D eigenvalue weighted by Crippen LogP contribution is 2.23. The third-order valence-corrected chi connectivity index (χ3v) is 3.73. The van der Waals surface area contributed by atoms with Crippen LogP contribution in [-0.4, -0.2) is 25.2 Å². The number of nitrogens with two attached hydrogens (primary N) is 1. The molecule has 23 heavy (non-hydrogen) atoms. The van der Waals surface area contributed by atoms with Crippen LogP contribution in [0.15, 0.2) is 48.5 Å². The molecule has 2 aromatic rings. The number of benzene rings is 2. The first-order valence-electron chi connectivity index (χ1n) is 7.74. The second-order valence-electron chi connectivity index (χ2n) is 5.54. The van der Waals surface area contributed by atoms with Gasteiger partial charge in [-0.15, -0.1) is 0 Å². The lowest BCUT2D eigenvalue weighted by atomic mass is 10.2. The van der Waals surface area contributed by atoms with E-state index in [1.54, 1.807) is 42.5 Å². The molecule has 0 aromatic heterocycles. The second-order valence-corrected chi connectivity index (χ2v) is 5.54. The molecule has 1 aliphatic rings. The molecule has 1 fully saturated rings. The zero-order valence-electron chi connectivity index (χ0n) is 12.8. The molecule has 0 aliphatic carbocycles. The van der Waals surface area contributed by atoms with Crippen LogP contribution in [-0.2, 0) is 4.74 Å². The summed E-state index contributed by atoms with van der Waals surface area (Å²) in [4.78, 5) is 12.2. The van der Waals surface area contributed by atoms with Gasteiger partial charge >= 0.3 is 0 Å². The van der Waals surface area contributed by atoms with Crippen LogP contribution in [0.25, 0.3) is 0 Å². The van der Waals surface area contributed by atoms with E-state index in [-0.39, 0.29) is 12.0 Å². The summed E-state index contributed by atoms with van der Waals surface area (Å²) in [6.45, 7) is 1.33. The Kier molecular flexibility index (Phi) is 4.78. The minimum absolute atomic E-state index is 0.122. The maximum atomic E-state index is 12.2. The van der Waals surface area contributed by atoms with Crippen molar-refractivity contribution in [1.29, 1.82) is 0 Å². The number of anilines is 1. The van der Waals surface area contributed by atoms with E-state index in [9.17, 15) is 4.79 Å². The van der Waals surface area contributed by atoms with Crippen molar-refractivity contribution in [3.05, 3.63) is 54.1 Å². The maximum absolute atomic E-state index is 12.2. The molecule has 1 saturated heterocycles. The van der Waals surface area contributed by atoms with Gasteiger partial charge in [0.05, 0.1) is 6.10 Å². The molecule has 120 valence electrons. The predicted molar refractivity (Wildman–Crippen MR) is 88.7 cm³/mol. The van der Waals surface area contributed by atoms with Crippen molar-refractivity contribution in [1.82, 2.24) is 5.32 Å². The van der Waals surface area contributed by atoms with Crippen molar-refractivity contribution in [2.45, 2.75) is 18.9 Å². The third kappa shape index (κ3) is 4.23. The molecule has 5 heteroatoms. The monoisotopic (exact) mass is 312 g/mol. The summed E-state index contributed by atoms with van der Waals surface area (Å²) >= 11 is 0. The van der Waals surface area contributed by atoms with Crippen LogP contribution in [0.5, 0.6) is 11.5 Å². The highest BCUT2D eigenvalue weighted by atomic mass is 16.5. The predicted octanol–water partition coefficient (Wildman–Crippen LogP) is 2.97. The van der Waals surface area contributed by atoms with Gasteiger partial charge in [-0.1, -0.05) is 6.07 Å². The summed E-state index contributed by atoms with van der Waals surface area (Å²) in [5.74, 6) is 1.17. The van der Waals surface area contributed by atoms with Gasteiger partial charge in [0, 0.05) is 24.4 Å². The van der Waals surface area contributed by atoms with Crippen LogP contribution < -0.4 is 15.8 Å². The van der Waals surface area contributed by atoms with Crippen LogP contribution in [0, 0.1) is 0 Å². The average Bonchev–Trinajstić information content (AvgIpc) is 3.08. The summed E-state index contributed by atoms with van der Waals surface area (Å²) in [5.41, 5.74) is 6.90. The maximum Gasteiger partial charge on any atom is 0.251 e. The van der Waals surface area contributed by atoms with Gasteiger partial charge in [0.15, 0.2) is 0 Å². The van der Waals surface area contributed by atoms with Crippen molar-refractivity contribution >= 4 is 11.6 Å². The minimum atomic E-state index is -0.122. The SMILES string of the molecule is Nc1ccc(Oc2cccc(C(=O)NCC3CCCO3)c2)cc1. The standard InChI is InChI=1S/C18H20N2O3/c19-14-6-8-15(9-7-14)23-16-4-1-3-13(11-16)18(21)20-12-17-5-2-10-22-17/h1,3-4,6-9,11,17H,2,5,10,12,19H2,(H,20,21). The molecular weight excluding hydrogens is 292 g/mol. The molecule has 0 spiro atoms. The first-order valence-corrected chi connectivity index (χ1v) is 7.74. The zero-order valence-corrected chi connectivity index (χ0v) is 12.8. The molecule has 0 bridgehead atoms. The van der Waals surface area contributed by atoms with Gasteiger partial charge in [-0.3, -0.25) is 4.79 Å². The fourth-order valence-electron chi connectivity index (χ4n) is 2.49. The highest BCUT2D eigenvalue weighted by molar-refractivity contribution is 5.94.